The van der Waals surface area contributed by atoms with Crippen LogP contribution in [0.3, 0.4) is 0 Å². The molecule has 1 aromatic carbocycles. The Bertz CT molecular complexity index is 1030. The van der Waals surface area contributed by atoms with Gasteiger partial charge >= 0.3 is 0 Å². The standard InChI is InChI=1S/C18H21ClN4O4S/c1-22-11-12(7-16(22)23-6-4-3-5-17(23)24)18(25)20-14-8-13(19)9-15(10-14)21-28(2,26)27/h7-11,21H,3-6H2,1-2H3,(H,20,25). The minimum atomic E-state index is -3.47. The lowest BCUT2D eigenvalue weighted by Gasteiger charge is -2.26. The van der Waals surface area contributed by atoms with Crippen molar-refractivity contribution in [2.45, 2.75) is 19.3 Å². The molecule has 0 radical (unpaired) electrons. The Balaban J connectivity index is 1.80. The molecule has 0 atom stereocenters. The lowest BCUT2D eigenvalue weighted by atomic mass is 10.1. The summed E-state index contributed by atoms with van der Waals surface area (Å²) in [6.45, 7) is 0.632. The molecule has 1 aliphatic heterocycles. The molecule has 0 aliphatic carbocycles. The number of hydrogen-bond acceptors (Lipinski definition) is 4. The fourth-order valence-electron chi connectivity index (χ4n) is 3.13. The molecule has 10 heteroatoms. The zero-order chi connectivity index (χ0) is 20.5. The van der Waals surface area contributed by atoms with Gasteiger partial charge in [-0.05, 0) is 37.1 Å². The number of piperidine rings is 1. The van der Waals surface area contributed by atoms with Gasteiger partial charge in [-0.2, -0.15) is 0 Å². The zero-order valence-electron chi connectivity index (χ0n) is 15.5. The van der Waals surface area contributed by atoms with Gasteiger partial charge in [0.1, 0.15) is 5.82 Å². The van der Waals surface area contributed by atoms with Gasteiger partial charge in [0, 0.05) is 36.9 Å². The summed E-state index contributed by atoms with van der Waals surface area (Å²) < 4.78 is 26.9. The summed E-state index contributed by atoms with van der Waals surface area (Å²) in [5.74, 6) is 0.324. The first-order chi connectivity index (χ1) is 13.1. The Labute approximate surface area is 168 Å². The van der Waals surface area contributed by atoms with E-state index < -0.39 is 10.0 Å². The number of amides is 2. The number of carbonyl (C=O) groups is 2. The summed E-state index contributed by atoms with van der Waals surface area (Å²) in [7, 11) is -1.69. The van der Waals surface area contributed by atoms with Gasteiger partial charge in [0.05, 0.1) is 17.5 Å². The van der Waals surface area contributed by atoms with E-state index in [0.717, 1.165) is 19.1 Å². The largest absolute Gasteiger partial charge is 0.337 e. The van der Waals surface area contributed by atoms with Crippen molar-refractivity contribution in [3.8, 4) is 0 Å². The van der Waals surface area contributed by atoms with Crippen molar-refractivity contribution < 1.29 is 18.0 Å². The molecule has 0 spiro atoms. The number of rotatable bonds is 5. The lowest BCUT2D eigenvalue weighted by molar-refractivity contribution is -0.119. The van der Waals surface area contributed by atoms with Gasteiger partial charge in [-0.25, -0.2) is 8.42 Å². The van der Waals surface area contributed by atoms with E-state index >= 15 is 0 Å². The third-order valence-corrected chi connectivity index (χ3v) is 5.12. The van der Waals surface area contributed by atoms with Crippen LogP contribution in [0.15, 0.2) is 30.5 Å². The van der Waals surface area contributed by atoms with Crippen molar-refractivity contribution in [1.29, 1.82) is 0 Å². The first-order valence-corrected chi connectivity index (χ1v) is 11.0. The summed E-state index contributed by atoms with van der Waals surface area (Å²) in [5, 5.41) is 2.98. The van der Waals surface area contributed by atoms with E-state index in [1.165, 1.54) is 18.2 Å². The molecule has 2 amide bonds. The Kier molecular flexibility index (Phi) is 5.66. The number of aryl methyl sites for hydroxylation is 1. The van der Waals surface area contributed by atoms with Gasteiger partial charge in [0.2, 0.25) is 15.9 Å². The summed E-state index contributed by atoms with van der Waals surface area (Å²) in [6.07, 6.45) is 4.99. The highest BCUT2D eigenvalue weighted by Crippen LogP contribution is 2.26. The summed E-state index contributed by atoms with van der Waals surface area (Å²) in [5.41, 5.74) is 0.981. The van der Waals surface area contributed by atoms with E-state index in [-0.39, 0.29) is 22.5 Å². The van der Waals surface area contributed by atoms with E-state index in [2.05, 4.69) is 10.0 Å². The van der Waals surface area contributed by atoms with Crippen molar-refractivity contribution in [3.63, 3.8) is 0 Å². The number of benzene rings is 1. The number of halogens is 1. The van der Waals surface area contributed by atoms with Gasteiger partial charge in [-0.3, -0.25) is 19.2 Å². The second-order valence-electron chi connectivity index (χ2n) is 6.76. The van der Waals surface area contributed by atoms with Crippen LogP contribution in [0.5, 0.6) is 0 Å². The molecule has 2 aromatic rings. The molecular formula is C18H21ClN4O4S. The van der Waals surface area contributed by atoms with Crippen molar-refractivity contribution in [3.05, 3.63) is 41.0 Å². The second kappa shape index (κ2) is 7.84. The van der Waals surface area contributed by atoms with Crippen LogP contribution in [0, 0.1) is 0 Å². The maximum absolute atomic E-state index is 12.6. The summed E-state index contributed by atoms with van der Waals surface area (Å²) >= 11 is 6.02. The highest BCUT2D eigenvalue weighted by molar-refractivity contribution is 7.92. The fraction of sp³-hybridized carbons (Fsp3) is 0.333. The number of aromatic nitrogens is 1. The van der Waals surface area contributed by atoms with Crippen LogP contribution in [0.2, 0.25) is 5.02 Å². The molecule has 2 N–H and O–H groups in total. The monoisotopic (exact) mass is 424 g/mol. The summed E-state index contributed by atoms with van der Waals surface area (Å²) in [6, 6.07) is 6.10. The van der Waals surface area contributed by atoms with Crippen LogP contribution in [0.1, 0.15) is 29.6 Å². The van der Waals surface area contributed by atoms with Crippen LogP contribution >= 0.6 is 11.6 Å². The minimum Gasteiger partial charge on any atom is -0.337 e. The van der Waals surface area contributed by atoms with E-state index in [0.29, 0.717) is 30.0 Å². The highest BCUT2D eigenvalue weighted by Gasteiger charge is 2.23. The predicted molar refractivity (Wildman–Crippen MR) is 109 cm³/mol. The average Bonchev–Trinajstić information content (AvgIpc) is 2.95. The Hall–Kier alpha value is -2.52. The summed E-state index contributed by atoms with van der Waals surface area (Å²) in [4.78, 5) is 26.5. The molecule has 1 fully saturated rings. The third-order valence-electron chi connectivity index (χ3n) is 4.30. The SMILES string of the molecule is Cn1cc(C(=O)Nc2cc(Cl)cc(NS(C)(=O)=O)c2)cc1N1CCCCC1=O. The Morgan fingerprint density at radius 2 is 1.86 bits per heavy atom. The molecule has 0 bridgehead atoms. The normalized spacial score (nSPS) is 14.8. The van der Waals surface area contributed by atoms with E-state index in [1.807, 2.05) is 0 Å². The molecule has 28 heavy (non-hydrogen) atoms. The molecule has 1 aromatic heterocycles. The topological polar surface area (TPSA) is 101 Å². The maximum atomic E-state index is 12.6. The molecule has 150 valence electrons. The first kappa shape index (κ1) is 20.2. The van der Waals surface area contributed by atoms with Crippen LogP contribution in [0.25, 0.3) is 0 Å². The molecule has 0 saturated carbocycles. The Morgan fingerprint density at radius 3 is 2.54 bits per heavy atom. The maximum Gasteiger partial charge on any atom is 0.257 e. The lowest BCUT2D eigenvalue weighted by Crippen LogP contribution is -2.36. The van der Waals surface area contributed by atoms with Crippen molar-refractivity contribution in [2.75, 3.05) is 27.7 Å². The van der Waals surface area contributed by atoms with Crippen LogP contribution in [0.4, 0.5) is 17.2 Å². The fourth-order valence-corrected chi connectivity index (χ4v) is 3.91. The number of sulfonamides is 1. The van der Waals surface area contributed by atoms with Gasteiger partial charge in [0.25, 0.3) is 5.91 Å². The van der Waals surface area contributed by atoms with Crippen molar-refractivity contribution in [2.24, 2.45) is 7.05 Å². The number of anilines is 3. The number of nitrogens with one attached hydrogen (secondary N) is 2. The van der Waals surface area contributed by atoms with Gasteiger partial charge in [-0.15, -0.1) is 0 Å². The average molecular weight is 425 g/mol. The second-order valence-corrected chi connectivity index (χ2v) is 8.94. The van der Waals surface area contributed by atoms with E-state index in [1.54, 1.807) is 28.8 Å². The van der Waals surface area contributed by atoms with Crippen molar-refractivity contribution in [1.82, 2.24) is 4.57 Å². The molecule has 3 rings (SSSR count). The quantitative estimate of drug-likeness (QED) is 0.770. The smallest absolute Gasteiger partial charge is 0.257 e. The third kappa shape index (κ3) is 4.85. The number of carbonyl (C=O) groups excluding carboxylic acids is 2. The minimum absolute atomic E-state index is 0.0470. The van der Waals surface area contributed by atoms with Gasteiger partial charge in [0.15, 0.2) is 0 Å². The molecule has 2 heterocycles. The molecule has 0 unspecified atom stereocenters. The molecular weight excluding hydrogens is 404 g/mol. The zero-order valence-corrected chi connectivity index (χ0v) is 17.1. The van der Waals surface area contributed by atoms with Crippen LogP contribution in [-0.4, -0.2) is 37.6 Å². The highest BCUT2D eigenvalue weighted by atomic mass is 35.5. The molecule has 1 aliphatic rings. The predicted octanol–water partition coefficient (Wildman–Crippen LogP) is 2.82. The molecule has 1 saturated heterocycles. The van der Waals surface area contributed by atoms with E-state index in [4.69, 9.17) is 11.6 Å². The first-order valence-electron chi connectivity index (χ1n) is 8.69. The van der Waals surface area contributed by atoms with Gasteiger partial charge in [-0.1, -0.05) is 11.6 Å². The van der Waals surface area contributed by atoms with Crippen molar-refractivity contribution >= 4 is 50.6 Å². The number of nitrogens with zero attached hydrogens (tertiary/aromatic N) is 2. The molecule has 8 nitrogen and oxygen atoms in total. The van der Waals surface area contributed by atoms with Gasteiger partial charge < -0.3 is 9.88 Å². The van der Waals surface area contributed by atoms with Crippen LogP contribution < -0.4 is 14.9 Å². The van der Waals surface area contributed by atoms with Crippen LogP contribution in [-0.2, 0) is 21.9 Å². The van der Waals surface area contributed by atoms with E-state index in [9.17, 15) is 18.0 Å². The number of hydrogen-bond donors (Lipinski definition) is 2. The Morgan fingerprint density at radius 1 is 1.14 bits per heavy atom.